The molecule has 1 rings (SSSR count). The molecule has 2 nitrogen and oxygen atoms in total. The van der Waals surface area contributed by atoms with E-state index in [1.165, 1.54) is 0 Å². The number of para-hydroxylation sites is 1. The maximum absolute atomic E-state index is 10.0. The summed E-state index contributed by atoms with van der Waals surface area (Å²) in [5.74, 6) is 0.400. The number of nitrogens with zero attached hydrogens (tertiary/aromatic N) is 1. The molecule has 2 heteroatoms. The van der Waals surface area contributed by atoms with Crippen LogP contribution in [0.25, 0.3) is 0 Å². The Balaban J connectivity index is 3.01. The van der Waals surface area contributed by atoms with Crippen molar-refractivity contribution < 1.29 is 5.11 Å². The first-order chi connectivity index (χ1) is 8.29. The first kappa shape index (κ1) is 15.0. The molecule has 1 aromatic carbocycles. The van der Waals surface area contributed by atoms with Crippen LogP contribution in [0.1, 0.15) is 52.6 Å². The third-order valence-electron chi connectivity index (χ3n) is 4.04. The fraction of sp³-hybridized carbons (Fsp3) is 0.625. The zero-order chi connectivity index (χ0) is 13.9. The van der Waals surface area contributed by atoms with E-state index in [1.54, 1.807) is 6.07 Å². The van der Waals surface area contributed by atoms with Gasteiger partial charge in [-0.2, -0.15) is 0 Å². The number of phenolic OH excluding ortho intramolecular Hbond substituents is 1. The Labute approximate surface area is 112 Å². The van der Waals surface area contributed by atoms with Gasteiger partial charge in [-0.25, -0.2) is 0 Å². The van der Waals surface area contributed by atoms with Gasteiger partial charge in [0.1, 0.15) is 5.75 Å². The summed E-state index contributed by atoms with van der Waals surface area (Å²) in [4.78, 5) is 2.37. The van der Waals surface area contributed by atoms with Crippen LogP contribution < -0.4 is 0 Å². The second kappa shape index (κ2) is 5.75. The van der Waals surface area contributed by atoms with Gasteiger partial charge >= 0.3 is 0 Å². The molecular formula is C16H27NO. The molecular weight excluding hydrogens is 222 g/mol. The van der Waals surface area contributed by atoms with Gasteiger partial charge in [-0.3, -0.25) is 4.90 Å². The molecule has 2 atom stereocenters. The smallest absolute Gasteiger partial charge is 0.120 e. The molecule has 0 fully saturated rings. The molecule has 0 bridgehead atoms. The van der Waals surface area contributed by atoms with Gasteiger partial charge in [0, 0.05) is 17.6 Å². The van der Waals surface area contributed by atoms with Crippen LogP contribution >= 0.6 is 0 Å². The summed E-state index contributed by atoms with van der Waals surface area (Å²) in [6, 6.07) is 8.37. The fourth-order valence-electron chi connectivity index (χ4n) is 2.38. The number of hydrogen-bond donors (Lipinski definition) is 1. The van der Waals surface area contributed by atoms with Gasteiger partial charge in [0.05, 0.1) is 0 Å². The minimum Gasteiger partial charge on any atom is -0.508 e. The van der Waals surface area contributed by atoms with Gasteiger partial charge in [0.25, 0.3) is 0 Å². The van der Waals surface area contributed by atoms with Crippen LogP contribution in [0.15, 0.2) is 24.3 Å². The van der Waals surface area contributed by atoms with E-state index < -0.39 is 0 Å². The molecule has 2 unspecified atom stereocenters. The third-order valence-corrected chi connectivity index (χ3v) is 4.04. The average molecular weight is 249 g/mol. The number of rotatable bonds is 4. The van der Waals surface area contributed by atoms with Crippen LogP contribution in [0.3, 0.4) is 0 Å². The summed E-state index contributed by atoms with van der Waals surface area (Å²) in [5, 5.41) is 10.0. The molecule has 0 spiro atoms. The quantitative estimate of drug-likeness (QED) is 0.864. The van der Waals surface area contributed by atoms with Gasteiger partial charge in [-0.05, 0) is 31.9 Å². The van der Waals surface area contributed by atoms with E-state index in [9.17, 15) is 5.11 Å². The highest BCUT2D eigenvalue weighted by Crippen LogP contribution is 2.35. The summed E-state index contributed by atoms with van der Waals surface area (Å²) >= 11 is 0. The first-order valence-corrected chi connectivity index (χ1v) is 6.78. The molecule has 1 N–H and O–H groups in total. The normalized spacial score (nSPS) is 15.7. The fourth-order valence-corrected chi connectivity index (χ4v) is 2.38. The largest absolute Gasteiger partial charge is 0.508 e. The lowest BCUT2D eigenvalue weighted by Gasteiger charge is -2.40. The van der Waals surface area contributed by atoms with E-state index >= 15 is 0 Å². The minimum atomic E-state index is 0.229. The summed E-state index contributed by atoms with van der Waals surface area (Å²) in [6.45, 7) is 11.2. The third kappa shape index (κ3) is 3.26. The van der Waals surface area contributed by atoms with Crippen molar-refractivity contribution in [2.75, 3.05) is 7.05 Å². The lowest BCUT2D eigenvalue weighted by Crippen LogP contribution is -2.41. The van der Waals surface area contributed by atoms with Crippen LogP contribution in [-0.4, -0.2) is 23.1 Å². The van der Waals surface area contributed by atoms with Gasteiger partial charge in [0.2, 0.25) is 0 Å². The summed E-state index contributed by atoms with van der Waals surface area (Å²) in [7, 11) is 2.15. The number of benzene rings is 1. The molecule has 0 aromatic heterocycles. The topological polar surface area (TPSA) is 23.5 Å². The van der Waals surface area contributed by atoms with Gasteiger partial charge in [-0.15, -0.1) is 0 Å². The van der Waals surface area contributed by atoms with E-state index in [2.05, 4.69) is 46.6 Å². The van der Waals surface area contributed by atoms with Crippen molar-refractivity contribution in [2.45, 2.75) is 53.1 Å². The Morgan fingerprint density at radius 3 is 2.22 bits per heavy atom. The van der Waals surface area contributed by atoms with Crippen LogP contribution in [0.5, 0.6) is 5.75 Å². The first-order valence-electron chi connectivity index (χ1n) is 6.78. The molecule has 1 aromatic rings. The molecule has 102 valence electrons. The van der Waals surface area contributed by atoms with E-state index in [1.807, 2.05) is 18.2 Å². The Bertz CT molecular complexity index is 381. The van der Waals surface area contributed by atoms with Crippen LogP contribution in [0.2, 0.25) is 0 Å². The summed E-state index contributed by atoms with van der Waals surface area (Å²) in [5.41, 5.74) is 1.26. The van der Waals surface area contributed by atoms with E-state index in [0.29, 0.717) is 11.8 Å². The zero-order valence-electron chi connectivity index (χ0n) is 12.6. The van der Waals surface area contributed by atoms with E-state index in [0.717, 1.165) is 12.0 Å². The van der Waals surface area contributed by atoms with Crippen LogP contribution in [-0.2, 0) is 0 Å². The highest BCUT2D eigenvalue weighted by molar-refractivity contribution is 5.34. The van der Waals surface area contributed by atoms with Crippen molar-refractivity contribution >= 4 is 0 Å². The lowest BCUT2D eigenvalue weighted by atomic mass is 9.85. The van der Waals surface area contributed by atoms with Crippen molar-refractivity contribution in [3.63, 3.8) is 0 Å². The predicted molar refractivity (Wildman–Crippen MR) is 77.8 cm³/mol. The van der Waals surface area contributed by atoms with Crippen molar-refractivity contribution in [2.24, 2.45) is 5.41 Å². The van der Waals surface area contributed by atoms with Crippen molar-refractivity contribution in [1.29, 1.82) is 0 Å². The Morgan fingerprint density at radius 2 is 1.78 bits per heavy atom. The highest BCUT2D eigenvalue weighted by atomic mass is 16.3. The zero-order valence-corrected chi connectivity index (χ0v) is 12.6. The van der Waals surface area contributed by atoms with Crippen molar-refractivity contribution in [1.82, 2.24) is 4.90 Å². The van der Waals surface area contributed by atoms with Gasteiger partial charge in [-0.1, -0.05) is 45.9 Å². The van der Waals surface area contributed by atoms with Crippen molar-refractivity contribution in [3.05, 3.63) is 29.8 Å². The average Bonchev–Trinajstić information content (AvgIpc) is 2.30. The second-order valence-electron chi connectivity index (χ2n) is 6.19. The molecule has 0 saturated heterocycles. The Hall–Kier alpha value is -1.02. The molecule has 0 saturated carbocycles. The van der Waals surface area contributed by atoms with Crippen LogP contribution in [0, 0.1) is 5.41 Å². The molecule has 0 aliphatic heterocycles. The maximum Gasteiger partial charge on any atom is 0.120 e. The number of aromatic hydroxyl groups is 1. The van der Waals surface area contributed by atoms with E-state index in [4.69, 9.17) is 0 Å². The molecule has 0 aliphatic rings. The minimum absolute atomic E-state index is 0.229. The number of phenols is 1. The van der Waals surface area contributed by atoms with Gasteiger partial charge < -0.3 is 5.11 Å². The standard InChI is InChI=1S/C16H27NO/c1-7-14(13-10-8-9-11-15(13)18)17(6)12(2)16(3,4)5/h8-12,14,18H,7H2,1-6H3. The van der Waals surface area contributed by atoms with Crippen LogP contribution in [0.4, 0.5) is 0 Å². The molecule has 0 radical (unpaired) electrons. The van der Waals surface area contributed by atoms with E-state index in [-0.39, 0.29) is 11.5 Å². The molecule has 0 amide bonds. The second-order valence-corrected chi connectivity index (χ2v) is 6.19. The molecule has 18 heavy (non-hydrogen) atoms. The predicted octanol–water partition coefficient (Wildman–Crippen LogP) is 4.21. The molecule has 0 aliphatic carbocycles. The Morgan fingerprint density at radius 1 is 1.22 bits per heavy atom. The Kier molecular flexibility index (Phi) is 4.80. The van der Waals surface area contributed by atoms with Crippen molar-refractivity contribution in [3.8, 4) is 5.75 Å². The number of hydrogen-bond acceptors (Lipinski definition) is 2. The monoisotopic (exact) mass is 249 g/mol. The maximum atomic E-state index is 10.0. The lowest BCUT2D eigenvalue weighted by molar-refractivity contribution is 0.0935. The molecule has 0 heterocycles. The summed E-state index contributed by atoms with van der Waals surface area (Å²) in [6.07, 6.45) is 0.995. The highest BCUT2D eigenvalue weighted by Gasteiger charge is 2.29. The summed E-state index contributed by atoms with van der Waals surface area (Å²) < 4.78 is 0. The SMILES string of the molecule is CCC(c1ccccc1O)N(C)C(C)C(C)(C)C. The van der Waals surface area contributed by atoms with Gasteiger partial charge in [0.15, 0.2) is 0 Å².